The molecule has 0 saturated carbocycles. The van der Waals surface area contributed by atoms with E-state index in [1.807, 2.05) is 6.07 Å². The van der Waals surface area contributed by atoms with E-state index in [2.05, 4.69) is 42.2 Å². The van der Waals surface area contributed by atoms with E-state index in [1.165, 1.54) is 6.07 Å². The van der Waals surface area contributed by atoms with Crippen molar-refractivity contribution in [2.75, 3.05) is 5.32 Å². The van der Waals surface area contributed by atoms with E-state index in [1.54, 1.807) is 6.20 Å². The summed E-state index contributed by atoms with van der Waals surface area (Å²) in [6.45, 7) is 0.269. The fraction of sp³-hybridized carbons (Fsp3) is 0.154. The summed E-state index contributed by atoms with van der Waals surface area (Å²) in [4.78, 5) is 4.18. The van der Waals surface area contributed by atoms with E-state index in [4.69, 9.17) is 11.6 Å². The summed E-state index contributed by atoms with van der Waals surface area (Å²) in [6, 6.07) is 5.14. The molecule has 0 aliphatic rings. The number of pyridine rings is 1. The molecule has 0 unspecified atom stereocenters. The van der Waals surface area contributed by atoms with Gasteiger partial charge in [0.05, 0.1) is 17.8 Å². The van der Waals surface area contributed by atoms with E-state index < -0.39 is 11.7 Å². The first-order valence-corrected chi connectivity index (χ1v) is 7.63. The topological polar surface area (TPSA) is 24.9 Å². The van der Waals surface area contributed by atoms with Crippen molar-refractivity contribution in [2.45, 2.75) is 12.7 Å². The normalized spacial score (nSPS) is 11.5. The van der Waals surface area contributed by atoms with Crippen molar-refractivity contribution in [3.8, 4) is 0 Å². The van der Waals surface area contributed by atoms with Crippen molar-refractivity contribution >= 4 is 49.1 Å². The molecular weight excluding hydrogens is 436 g/mol. The Morgan fingerprint density at radius 2 is 1.86 bits per heavy atom. The van der Waals surface area contributed by atoms with Crippen molar-refractivity contribution in [3.05, 3.63) is 55.7 Å². The Bertz CT molecular complexity index is 662. The maximum atomic E-state index is 12.7. The summed E-state index contributed by atoms with van der Waals surface area (Å²) < 4.78 is 39.7. The van der Waals surface area contributed by atoms with E-state index in [-0.39, 0.29) is 17.3 Å². The minimum atomic E-state index is -4.43. The molecule has 0 atom stereocenters. The molecule has 1 aromatic carbocycles. The molecule has 0 fully saturated rings. The van der Waals surface area contributed by atoms with Gasteiger partial charge >= 0.3 is 6.18 Å². The summed E-state index contributed by atoms with van der Waals surface area (Å²) in [5.41, 5.74) is 0.165. The molecule has 0 aliphatic carbocycles. The molecular formula is C13H8Br2ClF3N2. The Morgan fingerprint density at radius 3 is 2.48 bits per heavy atom. The van der Waals surface area contributed by atoms with Gasteiger partial charge in [0.2, 0.25) is 0 Å². The average molecular weight is 444 g/mol. The van der Waals surface area contributed by atoms with E-state index in [0.717, 1.165) is 21.1 Å². The van der Waals surface area contributed by atoms with Gasteiger partial charge < -0.3 is 5.32 Å². The molecule has 0 spiro atoms. The molecule has 0 amide bonds. The largest absolute Gasteiger partial charge is 0.416 e. The smallest absolute Gasteiger partial charge is 0.379 e. The SMILES string of the molecule is FC(F)(F)c1cc(Cl)cc(NCc2ncc(Br)cc2Br)c1. The van der Waals surface area contributed by atoms with Gasteiger partial charge in [0, 0.05) is 25.9 Å². The molecule has 1 aromatic heterocycles. The lowest BCUT2D eigenvalue weighted by atomic mass is 10.2. The van der Waals surface area contributed by atoms with Gasteiger partial charge in [-0.3, -0.25) is 4.98 Å². The molecule has 0 aliphatic heterocycles. The Morgan fingerprint density at radius 1 is 1.14 bits per heavy atom. The van der Waals surface area contributed by atoms with Gasteiger partial charge in [-0.25, -0.2) is 0 Å². The predicted octanol–water partition coefficient (Wildman–Crippen LogP) is 5.89. The second kappa shape index (κ2) is 6.54. The number of halogens is 6. The number of anilines is 1. The molecule has 2 rings (SSSR count). The van der Waals surface area contributed by atoms with Gasteiger partial charge in [-0.15, -0.1) is 0 Å². The van der Waals surface area contributed by atoms with Crippen LogP contribution >= 0.6 is 43.5 Å². The summed E-state index contributed by atoms with van der Waals surface area (Å²) >= 11 is 12.3. The van der Waals surface area contributed by atoms with Crippen molar-refractivity contribution in [1.29, 1.82) is 0 Å². The lowest BCUT2D eigenvalue weighted by Crippen LogP contribution is -2.07. The van der Waals surface area contributed by atoms with Crippen molar-refractivity contribution < 1.29 is 13.2 Å². The van der Waals surface area contributed by atoms with Crippen LogP contribution in [-0.2, 0) is 12.7 Å². The zero-order valence-electron chi connectivity index (χ0n) is 10.3. The van der Waals surface area contributed by atoms with Crippen molar-refractivity contribution in [3.63, 3.8) is 0 Å². The first-order chi connectivity index (χ1) is 9.75. The predicted molar refractivity (Wildman–Crippen MR) is 83.4 cm³/mol. The molecule has 21 heavy (non-hydrogen) atoms. The molecule has 8 heteroatoms. The highest BCUT2D eigenvalue weighted by Gasteiger charge is 2.31. The van der Waals surface area contributed by atoms with Gasteiger partial charge in [0.15, 0.2) is 0 Å². The lowest BCUT2D eigenvalue weighted by molar-refractivity contribution is -0.137. The van der Waals surface area contributed by atoms with Crippen LogP contribution in [-0.4, -0.2) is 4.98 Å². The number of hydrogen-bond acceptors (Lipinski definition) is 2. The molecule has 0 radical (unpaired) electrons. The second-order valence-corrected chi connectivity index (χ2v) is 6.37. The van der Waals surface area contributed by atoms with Gasteiger partial charge in [0.1, 0.15) is 0 Å². The third kappa shape index (κ3) is 4.59. The maximum absolute atomic E-state index is 12.7. The fourth-order valence-electron chi connectivity index (χ4n) is 1.61. The molecule has 0 saturated heterocycles. The van der Waals surface area contributed by atoms with E-state index >= 15 is 0 Å². The quantitative estimate of drug-likeness (QED) is 0.639. The van der Waals surface area contributed by atoms with Gasteiger partial charge in [0.25, 0.3) is 0 Å². The highest BCUT2D eigenvalue weighted by molar-refractivity contribution is 9.11. The van der Waals surface area contributed by atoms with Crippen LogP contribution in [0.15, 0.2) is 39.4 Å². The number of nitrogens with one attached hydrogen (secondary N) is 1. The lowest BCUT2D eigenvalue weighted by Gasteiger charge is -2.12. The third-order valence-corrected chi connectivity index (χ3v) is 3.91. The molecule has 1 N–H and O–H groups in total. The zero-order chi connectivity index (χ0) is 15.6. The standard InChI is InChI=1S/C13H8Br2ClF3N2/c14-8-3-11(15)12(21-5-8)6-20-10-2-7(13(17,18)19)1-9(16)4-10/h1-5,20H,6H2. The van der Waals surface area contributed by atoms with Gasteiger partial charge in [-0.1, -0.05) is 11.6 Å². The molecule has 0 bridgehead atoms. The van der Waals surface area contributed by atoms with Gasteiger partial charge in [-0.05, 0) is 56.1 Å². The highest BCUT2D eigenvalue weighted by Crippen LogP contribution is 2.33. The fourth-order valence-corrected chi connectivity index (χ4v) is 2.98. The van der Waals surface area contributed by atoms with Gasteiger partial charge in [-0.2, -0.15) is 13.2 Å². The Labute approximate surface area is 141 Å². The van der Waals surface area contributed by atoms with Crippen LogP contribution in [0.5, 0.6) is 0 Å². The Hall–Kier alpha value is -0.790. The number of alkyl halides is 3. The van der Waals surface area contributed by atoms with Crippen molar-refractivity contribution in [2.24, 2.45) is 0 Å². The molecule has 2 aromatic rings. The van der Waals surface area contributed by atoms with Crippen LogP contribution in [0.3, 0.4) is 0 Å². The van der Waals surface area contributed by atoms with Crippen LogP contribution in [0.1, 0.15) is 11.3 Å². The highest BCUT2D eigenvalue weighted by atomic mass is 79.9. The maximum Gasteiger partial charge on any atom is 0.416 e. The first kappa shape index (κ1) is 16.6. The second-order valence-electron chi connectivity index (χ2n) is 4.16. The van der Waals surface area contributed by atoms with Crippen molar-refractivity contribution in [1.82, 2.24) is 4.98 Å². The minimum absolute atomic E-state index is 0.0233. The minimum Gasteiger partial charge on any atom is -0.379 e. The number of rotatable bonds is 3. The van der Waals surface area contributed by atoms with Crippen LogP contribution < -0.4 is 5.32 Å². The van der Waals surface area contributed by atoms with E-state index in [0.29, 0.717) is 5.69 Å². The number of benzene rings is 1. The first-order valence-electron chi connectivity index (χ1n) is 5.67. The molecule has 2 nitrogen and oxygen atoms in total. The summed E-state index contributed by atoms with van der Waals surface area (Å²) in [5, 5.41) is 2.91. The zero-order valence-corrected chi connectivity index (χ0v) is 14.2. The molecule has 112 valence electrons. The summed E-state index contributed by atoms with van der Waals surface area (Å²) in [6.07, 6.45) is -2.82. The van der Waals surface area contributed by atoms with Crippen LogP contribution in [0.4, 0.5) is 18.9 Å². The number of nitrogens with zero attached hydrogens (tertiary/aromatic N) is 1. The third-order valence-electron chi connectivity index (χ3n) is 2.57. The van der Waals surface area contributed by atoms with Crippen LogP contribution in [0.2, 0.25) is 5.02 Å². The van der Waals surface area contributed by atoms with E-state index in [9.17, 15) is 13.2 Å². The number of aromatic nitrogens is 1. The monoisotopic (exact) mass is 442 g/mol. The summed E-state index contributed by atoms with van der Waals surface area (Å²) in [5.74, 6) is 0. The Balaban J connectivity index is 2.18. The number of hydrogen-bond donors (Lipinski definition) is 1. The van der Waals surface area contributed by atoms with Crippen LogP contribution in [0.25, 0.3) is 0 Å². The molecule has 1 heterocycles. The summed E-state index contributed by atoms with van der Waals surface area (Å²) in [7, 11) is 0. The van der Waals surface area contributed by atoms with Crippen LogP contribution in [0, 0.1) is 0 Å². The average Bonchev–Trinajstić information content (AvgIpc) is 2.36. The Kier molecular flexibility index (Phi) is 5.16.